The van der Waals surface area contributed by atoms with Gasteiger partial charge in [-0.1, -0.05) is 11.8 Å². The monoisotopic (exact) mass is 155 g/mol. The molecule has 0 saturated carbocycles. The average molecular weight is 155 g/mol. The Kier molecular flexibility index (Phi) is 1.17. The van der Waals surface area contributed by atoms with Gasteiger partial charge in [-0.3, -0.25) is 4.79 Å². The Morgan fingerprint density at radius 2 is 2.70 bits per heavy atom. The molecule has 2 rings (SSSR count). The van der Waals surface area contributed by atoms with Crippen molar-refractivity contribution in [3.63, 3.8) is 0 Å². The lowest BCUT2D eigenvalue weighted by molar-refractivity contribution is -0.121. The Morgan fingerprint density at radius 3 is 3.60 bits per heavy atom. The number of hydrogen-bond donors (Lipinski definition) is 1. The van der Waals surface area contributed by atoms with E-state index in [9.17, 15) is 4.79 Å². The summed E-state index contributed by atoms with van der Waals surface area (Å²) in [5, 5.41) is 6.56. The zero-order valence-corrected chi connectivity index (χ0v) is 5.89. The lowest BCUT2D eigenvalue weighted by Gasteiger charge is -2.18. The summed E-state index contributed by atoms with van der Waals surface area (Å²) >= 11 is 1.51. The third-order valence-corrected chi connectivity index (χ3v) is 2.04. The highest BCUT2D eigenvalue weighted by Crippen LogP contribution is 2.19. The second-order valence-electron chi connectivity index (χ2n) is 1.96. The van der Waals surface area contributed by atoms with E-state index >= 15 is 0 Å². The van der Waals surface area contributed by atoms with Crippen molar-refractivity contribution >= 4 is 22.8 Å². The Labute approximate surface area is 62.0 Å². The number of nitrogens with zero attached hydrogens (tertiary/aromatic N) is 2. The van der Waals surface area contributed by atoms with Crippen molar-refractivity contribution in [1.29, 1.82) is 0 Å². The first-order chi connectivity index (χ1) is 4.86. The Hall–Kier alpha value is -0.970. The van der Waals surface area contributed by atoms with Crippen LogP contribution in [-0.2, 0) is 4.79 Å². The van der Waals surface area contributed by atoms with Crippen LogP contribution in [0.25, 0.3) is 0 Å². The van der Waals surface area contributed by atoms with E-state index in [0.717, 1.165) is 5.17 Å². The van der Waals surface area contributed by atoms with E-state index in [4.69, 9.17) is 0 Å². The molecule has 0 aromatic carbocycles. The van der Waals surface area contributed by atoms with Crippen LogP contribution < -0.4 is 5.43 Å². The normalized spacial score (nSPS) is 22.2. The number of carbonyl (C=O) groups is 1. The number of rotatable bonds is 0. The number of carbonyl (C=O) groups excluding carboxylic acids is 1. The van der Waals surface area contributed by atoms with Gasteiger partial charge < -0.3 is 4.90 Å². The molecular weight excluding hydrogens is 150 g/mol. The van der Waals surface area contributed by atoms with Gasteiger partial charge in [-0.25, -0.2) is 5.43 Å². The van der Waals surface area contributed by atoms with E-state index in [2.05, 4.69) is 10.5 Å². The zero-order chi connectivity index (χ0) is 6.97. The smallest absolute Gasteiger partial charge is 0.260 e. The van der Waals surface area contributed by atoms with Gasteiger partial charge in [-0.2, -0.15) is 0 Å². The minimum absolute atomic E-state index is 0.0594. The molecule has 10 heavy (non-hydrogen) atoms. The number of amides is 1. The molecule has 52 valence electrons. The fraction of sp³-hybridized carbons (Fsp3) is 0.200. The van der Waals surface area contributed by atoms with Crippen molar-refractivity contribution in [1.82, 2.24) is 10.3 Å². The fourth-order valence-corrected chi connectivity index (χ4v) is 1.50. The van der Waals surface area contributed by atoms with Gasteiger partial charge in [0.25, 0.3) is 5.91 Å². The quantitative estimate of drug-likeness (QED) is 0.531. The molecule has 0 unspecified atom stereocenters. The highest BCUT2D eigenvalue weighted by Gasteiger charge is 2.21. The lowest BCUT2D eigenvalue weighted by Crippen LogP contribution is -2.39. The van der Waals surface area contributed by atoms with Crippen molar-refractivity contribution in [2.75, 3.05) is 6.54 Å². The molecule has 0 fully saturated rings. The van der Waals surface area contributed by atoms with E-state index in [0.29, 0.717) is 6.54 Å². The Balaban J connectivity index is 2.26. The maximum Gasteiger partial charge on any atom is 0.260 e. The molecule has 2 heterocycles. The van der Waals surface area contributed by atoms with Crippen LogP contribution in [0.2, 0.25) is 0 Å². The predicted octanol–water partition coefficient (Wildman–Crippen LogP) is -0.0928. The van der Waals surface area contributed by atoms with Crippen molar-refractivity contribution in [2.24, 2.45) is 5.10 Å². The first-order valence-electron chi connectivity index (χ1n) is 2.83. The summed E-state index contributed by atoms with van der Waals surface area (Å²) in [4.78, 5) is 12.5. The van der Waals surface area contributed by atoms with Gasteiger partial charge >= 0.3 is 0 Å². The summed E-state index contributed by atoms with van der Waals surface area (Å²) in [6, 6.07) is 0. The molecular formula is C5H5N3OS. The van der Waals surface area contributed by atoms with E-state index in [1.54, 1.807) is 0 Å². The van der Waals surface area contributed by atoms with Gasteiger partial charge in [-0.05, 0) is 5.41 Å². The van der Waals surface area contributed by atoms with Crippen LogP contribution >= 0.6 is 11.8 Å². The Bertz CT molecular complexity index is 235. The van der Waals surface area contributed by atoms with Gasteiger partial charge in [0, 0.05) is 6.20 Å². The SMILES string of the molecule is O=C1CN2C=CSC2=NN1. The number of hydrazone groups is 1. The summed E-state index contributed by atoms with van der Waals surface area (Å²) in [6.45, 7) is 0.391. The van der Waals surface area contributed by atoms with Crippen molar-refractivity contribution in [2.45, 2.75) is 0 Å². The second-order valence-corrected chi connectivity index (χ2v) is 2.83. The summed E-state index contributed by atoms with van der Waals surface area (Å²) < 4.78 is 0. The highest BCUT2D eigenvalue weighted by molar-refractivity contribution is 8.16. The van der Waals surface area contributed by atoms with Gasteiger partial charge in [0.15, 0.2) is 5.17 Å². The van der Waals surface area contributed by atoms with E-state index < -0.39 is 0 Å². The number of fused-ring (bicyclic) bond motifs is 1. The molecule has 0 spiro atoms. The van der Waals surface area contributed by atoms with Gasteiger partial charge in [0.1, 0.15) is 6.54 Å². The molecule has 0 saturated heterocycles. The molecule has 0 atom stereocenters. The number of hydrogen-bond acceptors (Lipinski definition) is 4. The van der Waals surface area contributed by atoms with Crippen LogP contribution in [0.1, 0.15) is 0 Å². The van der Waals surface area contributed by atoms with Gasteiger partial charge in [0.05, 0.1) is 0 Å². The summed E-state index contributed by atoms with van der Waals surface area (Å²) in [6.07, 6.45) is 1.85. The van der Waals surface area contributed by atoms with Gasteiger partial charge in [0.2, 0.25) is 0 Å². The molecule has 1 N–H and O–H groups in total. The first kappa shape index (κ1) is 5.79. The molecule has 2 aliphatic heterocycles. The van der Waals surface area contributed by atoms with Gasteiger partial charge in [-0.15, -0.1) is 5.10 Å². The maximum atomic E-state index is 10.7. The predicted molar refractivity (Wildman–Crippen MR) is 39.0 cm³/mol. The average Bonchev–Trinajstić information content (AvgIpc) is 2.33. The molecule has 0 bridgehead atoms. The van der Waals surface area contributed by atoms with E-state index in [1.807, 2.05) is 16.5 Å². The van der Waals surface area contributed by atoms with Crippen LogP contribution in [0.3, 0.4) is 0 Å². The Morgan fingerprint density at radius 1 is 1.80 bits per heavy atom. The minimum Gasteiger partial charge on any atom is -0.316 e. The van der Waals surface area contributed by atoms with Crippen LogP contribution in [0.15, 0.2) is 16.7 Å². The number of amidine groups is 1. The summed E-state index contributed by atoms with van der Waals surface area (Å²) in [5.41, 5.74) is 2.40. The maximum absolute atomic E-state index is 10.7. The van der Waals surface area contributed by atoms with Crippen LogP contribution in [0, 0.1) is 0 Å². The highest BCUT2D eigenvalue weighted by atomic mass is 32.2. The minimum atomic E-state index is -0.0594. The molecule has 1 amide bonds. The zero-order valence-electron chi connectivity index (χ0n) is 5.07. The number of thioether (sulfide) groups is 1. The lowest BCUT2D eigenvalue weighted by atomic mass is 10.5. The largest absolute Gasteiger partial charge is 0.316 e. The summed E-state index contributed by atoms with van der Waals surface area (Å²) in [7, 11) is 0. The molecule has 0 aromatic rings. The van der Waals surface area contributed by atoms with Crippen LogP contribution in [-0.4, -0.2) is 22.5 Å². The second kappa shape index (κ2) is 2.02. The van der Waals surface area contributed by atoms with E-state index in [-0.39, 0.29) is 5.91 Å². The van der Waals surface area contributed by atoms with Crippen molar-refractivity contribution in [3.05, 3.63) is 11.6 Å². The molecule has 5 heteroatoms. The summed E-state index contributed by atoms with van der Waals surface area (Å²) in [5.74, 6) is -0.0594. The van der Waals surface area contributed by atoms with E-state index in [1.165, 1.54) is 11.8 Å². The van der Waals surface area contributed by atoms with Crippen LogP contribution in [0.4, 0.5) is 0 Å². The number of nitrogens with one attached hydrogen (secondary N) is 1. The third-order valence-electron chi connectivity index (χ3n) is 1.25. The molecule has 2 aliphatic rings. The first-order valence-corrected chi connectivity index (χ1v) is 3.71. The molecule has 0 aliphatic carbocycles. The van der Waals surface area contributed by atoms with Crippen molar-refractivity contribution in [3.8, 4) is 0 Å². The fourth-order valence-electron chi connectivity index (χ4n) is 0.807. The standard InChI is InChI=1S/C5H5N3OS/c9-4-3-8-1-2-10-5(8)7-6-4/h1-2H,3H2,(H,6,9). The van der Waals surface area contributed by atoms with Crippen molar-refractivity contribution < 1.29 is 4.79 Å². The molecule has 0 radical (unpaired) electrons. The van der Waals surface area contributed by atoms with Crippen LogP contribution in [0.5, 0.6) is 0 Å². The third kappa shape index (κ3) is 0.786. The topological polar surface area (TPSA) is 44.7 Å². The molecule has 0 aromatic heterocycles. The molecule has 4 nitrogen and oxygen atoms in total.